The normalized spacial score (nSPS) is 9.93. The highest BCUT2D eigenvalue weighted by molar-refractivity contribution is 6.31. The summed E-state index contributed by atoms with van der Waals surface area (Å²) in [4.78, 5) is 11.1. The Morgan fingerprint density at radius 1 is 1.57 bits per heavy atom. The number of aryl methyl sites for hydroxylation is 1. The van der Waals surface area contributed by atoms with Crippen molar-refractivity contribution in [2.45, 2.75) is 6.92 Å². The molecule has 1 N–H and O–H groups in total. The number of halogens is 1. The van der Waals surface area contributed by atoms with Crippen molar-refractivity contribution in [3.05, 3.63) is 28.8 Å². The summed E-state index contributed by atoms with van der Waals surface area (Å²) in [5, 5.41) is 3.38. The lowest BCUT2D eigenvalue weighted by Crippen LogP contribution is -2.17. The van der Waals surface area contributed by atoms with Crippen LogP contribution in [0.2, 0.25) is 5.02 Å². The van der Waals surface area contributed by atoms with Crippen molar-refractivity contribution in [3.63, 3.8) is 0 Å². The van der Waals surface area contributed by atoms with Crippen molar-refractivity contribution in [1.29, 1.82) is 0 Å². The number of carbonyl (C=O) groups excluding carboxylic acids is 1. The van der Waals surface area contributed by atoms with Gasteiger partial charge in [-0.3, -0.25) is 4.79 Å². The molecule has 0 saturated heterocycles. The van der Waals surface area contributed by atoms with E-state index < -0.39 is 0 Å². The molecule has 14 heavy (non-hydrogen) atoms. The second kappa shape index (κ2) is 4.98. The maximum atomic E-state index is 11.1. The van der Waals surface area contributed by atoms with E-state index in [9.17, 15) is 4.79 Å². The fourth-order valence-electron chi connectivity index (χ4n) is 1.05. The van der Waals surface area contributed by atoms with Gasteiger partial charge in [-0.25, -0.2) is 0 Å². The van der Waals surface area contributed by atoms with E-state index in [-0.39, 0.29) is 12.5 Å². The van der Waals surface area contributed by atoms with E-state index in [0.29, 0.717) is 5.02 Å². The van der Waals surface area contributed by atoms with E-state index in [1.807, 2.05) is 13.0 Å². The number of nitrogens with one attached hydrogen (secondary N) is 1. The molecule has 0 heterocycles. The molecule has 0 aliphatic rings. The molecule has 1 aromatic rings. The van der Waals surface area contributed by atoms with Gasteiger partial charge < -0.3 is 10.1 Å². The van der Waals surface area contributed by atoms with Gasteiger partial charge in [0.05, 0.1) is 0 Å². The highest BCUT2D eigenvalue weighted by Crippen LogP contribution is 2.19. The Morgan fingerprint density at radius 2 is 2.29 bits per heavy atom. The zero-order valence-electron chi connectivity index (χ0n) is 8.13. The summed E-state index contributed by atoms with van der Waals surface area (Å²) >= 11 is 5.84. The molecule has 0 spiro atoms. The second-order valence-corrected chi connectivity index (χ2v) is 3.35. The SMILES string of the molecule is COCC(=O)Nc1ccc(Cl)c(C)c1. The Bertz CT molecular complexity index is 339. The number of carbonyl (C=O) groups is 1. The van der Waals surface area contributed by atoms with Crippen LogP contribution in [0.15, 0.2) is 18.2 Å². The van der Waals surface area contributed by atoms with Gasteiger partial charge in [-0.05, 0) is 30.7 Å². The van der Waals surface area contributed by atoms with Gasteiger partial charge in [0.15, 0.2) is 0 Å². The standard InChI is InChI=1S/C10H12ClNO2/c1-7-5-8(3-4-9(7)11)12-10(13)6-14-2/h3-5H,6H2,1-2H3,(H,12,13). The van der Waals surface area contributed by atoms with Crippen LogP contribution >= 0.6 is 11.6 Å². The summed E-state index contributed by atoms with van der Waals surface area (Å²) in [6.45, 7) is 1.94. The molecule has 0 atom stereocenters. The highest BCUT2D eigenvalue weighted by Gasteiger charge is 2.02. The van der Waals surface area contributed by atoms with Crippen molar-refractivity contribution in [2.75, 3.05) is 19.0 Å². The van der Waals surface area contributed by atoms with E-state index in [4.69, 9.17) is 16.3 Å². The highest BCUT2D eigenvalue weighted by atomic mass is 35.5. The summed E-state index contributed by atoms with van der Waals surface area (Å²) in [6.07, 6.45) is 0. The van der Waals surface area contributed by atoms with E-state index in [1.165, 1.54) is 7.11 Å². The maximum Gasteiger partial charge on any atom is 0.250 e. The summed E-state index contributed by atoms with van der Waals surface area (Å²) in [7, 11) is 1.48. The van der Waals surface area contributed by atoms with Crippen LogP contribution in [0.5, 0.6) is 0 Å². The Labute approximate surface area is 88.0 Å². The minimum absolute atomic E-state index is 0.0572. The third-order valence-electron chi connectivity index (χ3n) is 1.72. The topological polar surface area (TPSA) is 38.3 Å². The minimum atomic E-state index is -0.172. The summed E-state index contributed by atoms with van der Waals surface area (Å²) < 4.78 is 4.69. The van der Waals surface area contributed by atoms with Crippen LogP contribution in [0.4, 0.5) is 5.69 Å². The first-order valence-electron chi connectivity index (χ1n) is 4.18. The number of hydrogen-bond acceptors (Lipinski definition) is 2. The van der Waals surface area contributed by atoms with Crippen molar-refractivity contribution in [3.8, 4) is 0 Å². The minimum Gasteiger partial charge on any atom is -0.375 e. The van der Waals surface area contributed by atoms with Gasteiger partial charge in [0.25, 0.3) is 0 Å². The van der Waals surface area contributed by atoms with Crippen LogP contribution in [0.25, 0.3) is 0 Å². The molecular weight excluding hydrogens is 202 g/mol. The Kier molecular flexibility index (Phi) is 3.92. The number of rotatable bonds is 3. The zero-order chi connectivity index (χ0) is 10.6. The Balaban J connectivity index is 2.68. The first-order valence-corrected chi connectivity index (χ1v) is 4.56. The third kappa shape index (κ3) is 3.01. The van der Waals surface area contributed by atoms with E-state index in [0.717, 1.165) is 11.3 Å². The average Bonchev–Trinajstić information content (AvgIpc) is 2.12. The first-order chi connectivity index (χ1) is 6.63. The van der Waals surface area contributed by atoms with E-state index in [2.05, 4.69) is 5.32 Å². The number of hydrogen-bond donors (Lipinski definition) is 1. The number of methoxy groups -OCH3 is 1. The molecule has 1 amide bonds. The van der Waals surface area contributed by atoms with Gasteiger partial charge in [0.2, 0.25) is 5.91 Å². The molecule has 3 nitrogen and oxygen atoms in total. The monoisotopic (exact) mass is 213 g/mol. The number of benzene rings is 1. The summed E-state index contributed by atoms with van der Waals surface area (Å²) in [5.41, 5.74) is 1.66. The summed E-state index contributed by atoms with van der Waals surface area (Å²) in [5.74, 6) is -0.172. The average molecular weight is 214 g/mol. The van der Waals surface area contributed by atoms with Crippen molar-refractivity contribution in [1.82, 2.24) is 0 Å². The van der Waals surface area contributed by atoms with Crippen LogP contribution in [-0.2, 0) is 9.53 Å². The van der Waals surface area contributed by atoms with Crippen molar-refractivity contribution >= 4 is 23.2 Å². The lowest BCUT2D eigenvalue weighted by atomic mass is 10.2. The molecule has 0 fully saturated rings. The lowest BCUT2D eigenvalue weighted by Gasteiger charge is -2.05. The van der Waals surface area contributed by atoms with E-state index >= 15 is 0 Å². The molecule has 4 heteroatoms. The molecule has 1 aromatic carbocycles. The fourth-order valence-corrected chi connectivity index (χ4v) is 1.17. The molecule has 0 aliphatic carbocycles. The van der Waals surface area contributed by atoms with Gasteiger partial charge in [-0.15, -0.1) is 0 Å². The predicted molar refractivity (Wildman–Crippen MR) is 56.7 cm³/mol. The van der Waals surface area contributed by atoms with Gasteiger partial charge in [-0.2, -0.15) is 0 Å². The Morgan fingerprint density at radius 3 is 2.86 bits per heavy atom. The fraction of sp³-hybridized carbons (Fsp3) is 0.300. The van der Waals surface area contributed by atoms with E-state index in [1.54, 1.807) is 12.1 Å². The molecule has 0 aromatic heterocycles. The van der Waals surface area contributed by atoms with Crippen molar-refractivity contribution < 1.29 is 9.53 Å². The number of amides is 1. The Hall–Kier alpha value is -1.06. The number of anilines is 1. The first kappa shape index (κ1) is 11.0. The predicted octanol–water partition coefficient (Wildman–Crippen LogP) is 2.23. The summed E-state index contributed by atoms with van der Waals surface area (Å²) in [6, 6.07) is 5.32. The van der Waals surface area contributed by atoms with Crippen LogP contribution in [0.3, 0.4) is 0 Å². The zero-order valence-corrected chi connectivity index (χ0v) is 8.89. The maximum absolute atomic E-state index is 11.1. The van der Waals surface area contributed by atoms with Gasteiger partial charge in [0.1, 0.15) is 6.61 Å². The molecule has 0 radical (unpaired) electrons. The lowest BCUT2D eigenvalue weighted by molar-refractivity contribution is -0.119. The molecular formula is C10H12ClNO2. The van der Waals surface area contributed by atoms with Crippen molar-refractivity contribution in [2.24, 2.45) is 0 Å². The molecule has 76 valence electrons. The molecule has 0 saturated carbocycles. The van der Waals surface area contributed by atoms with Crippen LogP contribution in [-0.4, -0.2) is 19.6 Å². The smallest absolute Gasteiger partial charge is 0.250 e. The van der Waals surface area contributed by atoms with Crippen LogP contribution in [0.1, 0.15) is 5.56 Å². The largest absolute Gasteiger partial charge is 0.375 e. The third-order valence-corrected chi connectivity index (χ3v) is 2.14. The quantitative estimate of drug-likeness (QED) is 0.836. The second-order valence-electron chi connectivity index (χ2n) is 2.95. The molecule has 1 rings (SSSR count). The van der Waals surface area contributed by atoms with Gasteiger partial charge >= 0.3 is 0 Å². The van der Waals surface area contributed by atoms with Crippen LogP contribution < -0.4 is 5.32 Å². The van der Waals surface area contributed by atoms with Gasteiger partial charge in [0, 0.05) is 17.8 Å². The molecule has 0 aliphatic heterocycles. The molecule has 0 unspecified atom stereocenters. The number of ether oxygens (including phenoxy) is 1. The molecule has 0 bridgehead atoms. The van der Waals surface area contributed by atoms with Gasteiger partial charge in [-0.1, -0.05) is 11.6 Å². The van der Waals surface area contributed by atoms with Crippen LogP contribution in [0, 0.1) is 6.92 Å².